The van der Waals surface area contributed by atoms with Crippen LogP contribution in [0, 0.1) is 0 Å². The Bertz CT molecular complexity index is 622. The summed E-state index contributed by atoms with van der Waals surface area (Å²) in [5, 5.41) is 9.01. The average molecular weight is 301 g/mol. The third kappa shape index (κ3) is 4.28. The molecular formula is C12H12N3NaO5. The number of carboxylic acids is 1. The molecule has 0 saturated heterocycles. The van der Waals surface area contributed by atoms with Gasteiger partial charge in [0.2, 0.25) is 11.8 Å². The van der Waals surface area contributed by atoms with E-state index in [-0.39, 0.29) is 60.2 Å². The van der Waals surface area contributed by atoms with E-state index in [0.717, 1.165) is 0 Å². The predicted octanol–water partition coefficient (Wildman–Crippen LogP) is -1.50. The summed E-state index contributed by atoms with van der Waals surface area (Å²) in [4.78, 5) is 22.6. The summed E-state index contributed by atoms with van der Waals surface area (Å²) in [5.41, 5.74) is -0.238. The van der Waals surface area contributed by atoms with Gasteiger partial charge in [-0.1, -0.05) is 0 Å². The number of rotatable bonds is 5. The van der Waals surface area contributed by atoms with Gasteiger partial charge in [-0.3, -0.25) is 0 Å². The van der Waals surface area contributed by atoms with Crippen LogP contribution in [0.15, 0.2) is 24.4 Å². The number of aromatic nitrogens is 3. The zero-order valence-corrected chi connectivity index (χ0v) is 13.7. The first-order chi connectivity index (χ1) is 9.63. The first-order valence-corrected chi connectivity index (χ1v) is 5.47. The van der Waals surface area contributed by atoms with Crippen LogP contribution in [0.4, 0.5) is 0 Å². The Morgan fingerprint density at radius 1 is 1.24 bits per heavy atom. The SMILES string of the molecule is COc1cc(OC)nc(Oc2cccnc2C(=O)O)n1.[H-].[Na+]. The molecule has 2 aromatic heterocycles. The van der Waals surface area contributed by atoms with Crippen molar-refractivity contribution in [3.8, 4) is 23.5 Å². The van der Waals surface area contributed by atoms with Crippen LogP contribution < -0.4 is 43.8 Å². The Kier molecular flexibility index (Phi) is 6.35. The van der Waals surface area contributed by atoms with Gasteiger partial charge in [0.05, 0.1) is 20.3 Å². The average Bonchev–Trinajstić information content (AvgIpc) is 2.47. The number of nitrogens with zero attached hydrogens (tertiary/aromatic N) is 3. The molecule has 0 aliphatic carbocycles. The standard InChI is InChI=1S/C12H11N3O5.Na.H/c1-18-8-6-9(19-2)15-12(14-8)20-7-4-3-5-13-10(7)11(16)17;;/h3-6H,1-2H3,(H,16,17);;/q;+1;-1. The Balaban J connectivity index is 0.00000220. The van der Waals surface area contributed by atoms with Gasteiger partial charge in [-0.05, 0) is 12.1 Å². The van der Waals surface area contributed by atoms with Crippen LogP contribution in [-0.4, -0.2) is 40.2 Å². The molecule has 106 valence electrons. The fourth-order valence-electron chi connectivity index (χ4n) is 1.37. The summed E-state index contributed by atoms with van der Waals surface area (Å²) in [6.45, 7) is 0. The normalized spacial score (nSPS) is 9.43. The second-order valence-electron chi connectivity index (χ2n) is 3.49. The quantitative estimate of drug-likeness (QED) is 0.665. The summed E-state index contributed by atoms with van der Waals surface area (Å²) in [7, 11) is 2.86. The number of hydrogen-bond donors (Lipinski definition) is 1. The van der Waals surface area contributed by atoms with E-state index in [1.54, 1.807) is 6.07 Å². The van der Waals surface area contributed by atoms with E-state index in [1.165, 1.54) is 32.5 Å². The zero-order chi connectivity index (χ0) is 14.5. The number of pyridine rings is 1. The molecule has 21 heavy (non-hydrogen) atoms. The number of methoxy groups -OCH3 is 2. The second kappa shape index (κ2) is 7.77. The van der Waals surface area contributed by atoms with Crippen molar-refractivity contribution in [1.29, 1.82) is 0 Å². The topological polar surface area (TPSA) is 104 Å². The fraction of sp³-hybridized carbons (Fsp3) is 0.167. The fourth-order valence-corrected chi connectivity index (χ4v) is 1.37. The monoisotopic (exact) mass is 301 g/mol. The van der Waals surface area contributed by atoms with Crippen molar-refractivity contribution >= 4 is 5.97 Å². The van der Waals surface area contributed by atoms with E-state index in [0.29, 0.717) is 0 Å². The number of hydrogen-bond acceptors (Lipinski definition) is 7. The molecule has 2 aromatic rings. The van der Waals surface area contributed by atoms with Crippen LogP contribution >= 0.6 is 0 Å². The van der Waals surface area contributed by atoms with E-state index in [4.69, 9.17) is 19.3 Å². The molecule has 0 radical (unpaired) electrons. The second-order valence-corrected chi connectivity index (χ2v) is 3.49. The van der Waals surface area contributed by atoms with E-state index in [1.807, 2.05) is 0 Å². The van der Waals surface area contributed by atoms with E-state index >= 15 is 0 Å². The smallest absolute Gasteiger partial charge is 1.00 e. The predicted molar refractivity (Wildman–Crippen MR) is 67.5 cm³/mol. The largest absolute Gasteiger partial charge is 1.00 e. The van der Waals surface area contributed by atoms with Crippen molar-refractivity contribution in [2.24, 2.45) is 0 Å². The molecule has 0 aliphatic rings. The molecule has 0 atom stereocenters. The number of ether oxygens (including phenoxy) is 3. The van der Waals surface area contributed by atoms with Gasteiger partial charge in [-0.25, -0.2) is 9.78 Å². The van der Waals surface area contributed by atoms with Crippen LogP contribution in [0.3, 0.4) is 0 Å². The molecule has 0 aliphatic heterocycles. The Hall–Kier alpha value is -1.90. The molecule has 0 fully saturated rings. The number of aromatic carboxylic acids is 1. The van der Waals surface area contributed by atoms with Gasteiger partial charge in [0.1, 0.15) is 0 Å². The Morgan fingerprint density at radius 3 is 2.38 bits per heavy atom. The third-order valence-corrected chi connectivity index (χ3v) is 2.25. The first kappa shape index (κ1) is 17.2. The third-order valence-electron chi connectivity index (χ3n) is 2.25. The maximum absolute atomic E-state index is 11.0. The minimum absolute atomic E-state index is 0. The van der Waals surface area contributed by atoms with E-state index in [2.05, 4.69) is 15.0 Å². The van der Waals surface area contributed by atoms with Crippen molar-refractivity contribution in [1.82, 2.24) is 15.0 Å². The molecule has 0 amide bonds. The minimum Gasteiger partial charge on any atom is -1.00 e. The van der Waals surface area contributed by atoms with Crippen molar-refractivity contribution in [3.05, 3.63) is 30.1 Å². The maximum atomic E-state index is 11.0. The van der Waals surface area contributed by atoms with Crippen LogP contribution in [0.5, 0.6) is 23.5 Å². The molecule has 0 unspecified atom stereocenters. The first-order valence-electron chi connectivity index (χ1n) is 5.47. The van der Waals surface area contributed by atoms with Crippen molar-refractivity contribution < 1.29 is 55.1 Å². The maximum Gasteiger partial charge on any atom is 1.00 e. The molecule has 8 nitrogen and oxygen atoms in total. The van der Waals surface area contributed by atoms with Crippen LogP contribution in [0.25, 0.3) is 0 Å². The van der Waals surface area contributed by atoms with Gasteiger partial charge in [-0.2, -0.15) is 9.97 Å². The summed E-state index contributed by atoms with van der Waals surface area (Å²) in [6.07, 6.45) is 1.35. The van der Waals surface area contributed by atoms with Crippen LogP contribution in [-0.2, 0) is 0 Å². The van der Waals surface area contributed by atoms with Gasteiger partial charge >= 0.3 is 41.5 Å². The molecule has 0 aromatic carbocycles. The molecule has 2 rings (SSSR count). The van der Waals surface area contributed by atoms with Gasteiger partial charge in [0, 0.05) is 6.20 Å². The van der Waals surface area contributed by atoms with Crippen molar-refractivity contribution in [2.45, 2.75) is 0 Å². The molecule has 0 spiro atoms. The van der Waals surface area contributed by atoms with Gasteiger partial charge in [0.25, 0.3) is 0 Å². The molecule has 0 bridgehead atoms. The van der Waals surface area contributed by atoms with Gasteiger partial charge in [-0.15, -0.1) is 0 Å². The summed E-state index contributed by atoms with van der Waals surface area (Å²) >= 11 is 0. The summed E-state index contributed by atoms with van der Waals surface area (Å²) in [6, 6.07) is 4.36. The van der Waals surface area contributed by atoms with Crippen LogP contribution in [0.2, 0.25) is 0 Å². The van der Waals surface area contributed by atoms with Crippen molar-refractivity contribution in [2.75, 3.05) is 14.2 Å². The number of carboxylic acid groups (broad SMARTS) is 1. The molecule has 2 heterocycles. The number of carbonyl (C=O) groups is 1. The molecular weight excluding hydrogens is 289 g/mol. The van der Waals surface area contributed by atoms with E-state index in [9.17, 15) is 4.79 Å². The van der Waals surface area contributed by atoms with E-state index < -0.39 is 5.97 Å². The molecule has 9 heteroatoms. The van der Waals surface area contributed by atoms with Gasteiger partial charge < -0.3 is 20.7 Å². The molecule has 1 N–H and O–H groups in total. The summed E-state index contributed by atoms with van der Waals surface area (Å²) in [5.74, 6) is -0.731. The van der Waals surface area contributed by atoms with Gasteiger partial charge in [0.15, 0.2) is 11.4 Å². The summed E-state index contributed by atoms with van der Waals surface area (Å²) < 4.78 is 15.3. The molecule has 0 saturated carbocycles. The Labute approximate surface area is 143 Å². The Morgan fingerprint density at radius 2 is 1.86 bits per heavy atom. The van der Waals surface area contributed by atoms with Crippen LogP contribution in [0.1, 0.15) is 11.9 Å². The van der Waals surface area contributed by atoms with Crippen molar-refractivity contribution in [3.63, 3.8) is 0 Å². The minimum atomic E-state index is -1.21. The zero-order valence-electron chi connectivity index (χ0n) is 12.7.